The Morgan fingerprint density at radius 1 is 1.39 bits per heavy atom. The van der Waals surface area contributed by atoms with Gasteiger partial charge < -0.3 is 10.6 Å². The van der Waals surface area contributed by atoms with E-state index in [-0.39, 0.29) is 0 Å². The van der Waals surface area contributed by atoms with Gasteiger partial charge in [0.2, 0.25) is 0 Å². The van der Waals surface area contributed by atoms with Crippen LogP contribution in [0.1, 0.15) is 37.6 Å². The molecule has 2 N–H and O–H groups in total. The van der Waals surface area contributed by atoms with Crippen molar-refractivity contribution in [2.45, 2.75) is 38.0 Å². The number of guanidine groups is 1. The van der Waals surface area contributed by atoms with Crippen molar-refractivity contribution >= 4 is 29.1 Å². The zero-order valence-electron chi connectivity index (χ0n) is 14.5. The van der Waals surface area contributed by atoms with E-state index in [1.54, 1.807) is 0 Å². The summed E-state index contributed by atoms with van der Waals surface area (Å²) in [6, 6.07) is 4.87. The lowest BCUT2D eigenvalue weighted by atomic mass is 10.2. The maximum absolute atomic E-state index is 4.72. The highest BCUT2D eigenvalue weighted by Gasteiger charge is 2.24. The summed E-state index contributed by atoms with van der Waals surface area (Å²) >= 11 is 3.72. The Morgan fingerprint density at radius 2 is 2.17 bits per heavy atom. The van der Waals surface area contributed by atoms with E-state index in [1.807, 2.05) is 23.1 Å². The minimum absolute atomic E-state index is 0.458. The molecule has 1 aromatic rings. The van der Waals surface area contributed by atoms with E-state index in [0.717, 1.165) is 25.6 Å². The van der Waals surface area contributed by atoms with Crippen LogP contribution in [0.4, 0.5) is 0 Å². The third-order valence-corrected chi connectivity index (χ3v) is 6.10. The lowest BCUT2D eigenvalue weighted by Crippen LogP contribution is -2.42. The van der Waals surface area contributed by atoms with Crippen LogP contribution in [0.15, 0.2) is 22.5 Å². The molecule has 0 aliphatic carbocycles. The number of hydrogen-bond donors (Lipinski definition) is 2. The van der Waals surface area contributed by atoms with E-state index in [1.165, 1.54) is 30.8 Å². The second-order valence-corrected chi connectivity index (χ2v) is 8.18. The van der Waals surface area contributed by atoms with E-state index in [0.29, 0.717) is 11.3 Å². The van der Waals surface area contributed by atoms with Crippen molar-refractivity contribution in [2.24, 2.45) is 4.99 Å². The number of likely N-dealkylation sites (tertiary alicyclic amines) is 1. The van der Waals surface area contributed by atoms with Crippen LogP contribution in [0, 0.1) is 0 Å². The van der Waals surface area contributed by atoms with Gasteiger partial charge in [0.15, 0.2) is 5.96 Å². The van der Waals surface area contributed by atoms with Crippen LogP contribution in [0.5, 0.6) is 0 Å². The average Bonchev–Trinajstić information content (AvgIpc) is 3.26. The van der Waals surface area contributed by atoms with E-state index in [9.17, 15) is 0 Å². The fraction of sp³-hybridized carbons (Fsp3) is 0.706. The van der Waals surface area contributed by atoms with Gasteiger partial charge in [0, 0.05) is 23.2 Å². The van der Waals surface area contributed by atoms with Crippen molar-refractivity contribution in [1.82, 2.24) is 15.5 Å². The van der Waals surface area contributed by atoms with Gasteiger partial charge in [-0.3, -0.25) is 9.89 Å². The molecule has 1 aliphatic heterocycles. The first-order valence-corrected chi connectivity index (χ1v) is 10.7. The van der Waals surface area contributed by atoms with Gasteiger partial charge in [-0.1, -0.05) is 13.0 Å². The minimum atomic E-state index is 0.458. The Labute approximate surface area is 149 Å². The zero-order chi connectivity index (χ0) is 16.5. The summed E-state index contributed by atoms with van der Waals surface area (Å²) in [5, 5.41) is 9.66. The molecule has 130 valence electrons. The molecule has 0 spiro atoms. The largest absolute Gasteiger partial charge is 0.357 e. The smallest absolute Gasteiger partial charge is 0.191 e. The molecule has 0 aromatic carbocycles. The molecule has 2 unspecified atom stereocenters. The standard InChI is InChI=1S/C17H30N4S2/c1-4-18-17(19-12-14(2)22-3)20-13-15(16-8-7-11-23-16)21-9-5-6-10-21/h7-8,11,14-15H,4-6,9-10,12-13H2,1-3H3,(H2,18,19,20). The molecule has 1 aromatic heterocycles. The number of nitrogens with one attached hydrogen (secondary N) is 2. The highest BCUT2D eigenvalue weighted by molar-refractivity contribution is 7.99. The summed E-state index contributed by atoms with van der Waals surface area (Å²) in [5.74, 6) is 0.939. The first-order chi connectivity index (χ1) is 11.2. The van der Waals surface area contributed by atoms with Crippen molar-refractivity contribution < 1.29 is 0 Å². The molecule has 2 heterocycles. The summed E-state index contributed by atoms with van der Waals surface area (Å²) in [4.78, 5) is 8.78. The second kappa shape index (κ2) is 10.2. The molecule has 23 heavy (non-hydrogen) atoms. The van der Waals surface area contributed by atoms with Crippen LogP contribution < -0.4 is 10.6 Å². The number of thiophene rings is 1. The lowest BCUT2D eigenvalue weighted by molar-refractivity contribution is 0.249. The molecular formula is C17H30N4S2. The van der Waals surface area contributed by atoms with E-state index >= 15 is 0 Å². The monoisotopic (exact) mass is 354 g/mol. The van der Waals surface area contributed by atoms with Gasteiger partial charge in [-0.05, 0) is 50.6 Å². The minimum Gasteiger partial charge on any atom is -0.357 e. The van der Waals surface area contributed by atoms with Crippen LogP contribution >= 0.6 is 23.1 Å². The summed E-state index contributed by atoms with van der Waals surface area (Å²) in [7, 11) is 0. The number of thioether (sulfide) groups is 1. The normalized spacial score (nSPS) is 18.8. The second-order valence-electron chi connectivity index (χ2n) is 5.92. The third kappa shape index (κ3) is 6.01. The molecule has 0 radical (unpaired) electrons. The van der Waals surface area contributed by atoms with Crippen molar-refractivity contribution in [3.63, 3.8) is 0 Å². The highest BCUT2D eigenvalue weighted by atomic mass is 32.2. The molecule has 1 saturated heterocycles. The summed E-state index contributed by atoms with van der Waals surface area (Å²) in [5.41, 5.74) is 0. The molecule has 4 nitrogen and oxygen atoms in total. The summed E-state index contributed by atoms with van der Waals surface area (Å²) < 4.78 is 0. The Bertz CT molecular complexity index is 455. The van der Waals surface area contributed by atoms with Gasteiger partial charge in [-0.15, -0.1) is 11.3 Å². The molecule has 1 aliphatic rings. The van der Waals surface area contributed by atoms with Crippen molar-refractivity contribution in [3.8, 4) is 0 Å². The van der Waals surface area contributed by atoms with Crippen LogP contribution in [0.3, 0.4) is 0 Å². The van der Waals surface area contributed by atoms with Crippen molar-refractivity contribution in [2.75, 3.05) is 39.0 Å². The van der Waals surface area contributed by atoms with Crippen LogP contribution in [0.25, 0.3) is 0 Å². The predicted octanol–water partition coefficient (Wildman–Crippen LogP) is 3.19. The van der Waals surface area contributed by atoms with Gasteiger partial charge in [0.05, 0.1) is 12.6 Å². The molecule has 0 amide bonds. The van der Waals surface area contributed by atoms with Gasteiger partial charge >= 0.3 is 0 Å². The Hall–Kier alpha value is -0.720. The predicted molar refractivity (Wildman–Crippen MR) is 105 cm³/mol. The fourth-order valence-electron chi connectivity index (χ4n) is 2.77. The van der Waals surface area contributed by atoms with Crippen LogP contribution in [0.2, 0.25) is 0 Å². The Morgan fingerprint density at radius 3 is 2.78 bits per heavy atom. The van der Waals surface area contributed by atoms with Crippen LogP contribution in [-0.4, -0.2) is 55.1 Å². The number of hydrogen-bond acceptors (Lipinski definition) is 4. The Balaban J connectivity index is 1.97. The van der Waals surface area contributed by atoms with E-state index in [4.69, 9.17) is 4.99 Å². The molecule has 0 bridgehead atoms. The Kier molecular flexibility index (Phi) is 8.26. The number of aliphatic imine (C=N–C) groups is 1. The van der Waals surface area contributed by atoms with Gasteiger partial charge in [0.25, 0.3) is 0 Å². The highest BCUT2D eigenvalue weighted by Crippen LogP contribution is 2.27. The fourth-order valence-corrected chi connectivity index (χ4v) is 3.86. The first-order valence-electron chi connectivity index (χ1n) is 8.57. The zero-order valence-corrected chi connectivity index (χ0v) is 16.2. The maximum Gasteiger partial charge on any atom is 0.191 e. The molecule has 0 saturated carbocycles. The third-order valence-electron chi connectivity index (χ3n) is 4.17. The molecule has 2 rings (SSSR count). The van der Waals surface area contributed by atoms with Gasteiger partial charge in [0.1, 0.15) is 0 Å². The average molecular weight is 355 g/mol. The molecule has 2 atom stereocenters. The molecular weight excluding hydrogens is 324 g/mol. The molecule has 1 fully saturated rings. The first kappa shape index (κ1) is 18.6. The number of nitrogens with zero attached hydrogens (tertiary/aromatic N) is 2. The lowest BCUT2D eigenvalue weighted by Gasteiger charge is -2.27. The molecule has 6 heteroatoms. The maximum atomic E-state index is 4.72. The van der Waals surface area contributed by atoms with Gasteiger partial charge in [-0.2, -0.15) is 11.8 Å². The quantitative estimate of drug-likeness (QED) is 0.555. The van der Waals surface area contributed by atoms with E-state index in [2.05, 4.69) is 53.1 Å². The van der Waals surface area contributed by atoms with Crippen LogP contribution in [-0.2, 0) is 0 Å². The summed E-state index contributed by atoms with van der Waals surface area (Å²) in [6.07, 6.45) is 4.78. The van der Waals surface area contributed by atoms with Crippen molar-refractivity contribution in [3.05, 3.63) is 22.4 Å². The van der Waals surface area contributed by atoms with Gasteiger partial charge in [-0.25, -0.2) is 0 Å². The van der Waals surface area contributed by atoms with E-state index < -0.39 is 0 Å². The summed E-state index contributed by atoms with van der Waals surface area (Å²) in [6.45, 7) is 9.42. The van der Waals surface area contributed by atoms with Crippen molar-refractivity contribution in [1.29, 1.82) is 0 Å². The number of rotatable bonds is 8. The SMILES string of the molecule is CCNC(=NCC(C)SC)NCC(c1cccs1)N1CCCC1. The topological polar surface area (TPSA) is 39.7 Å².